The zero-order valence-corrected chi connectivity index (χ0v) is 24.9. The summed E-state index contributed by atoms with van der Waals surface area (Å²) in [5.41, 5.74) is 0.731. The van der Waals surface area contributed by atoms with Gasteiger partial charge in [-0.2, -0.15) is 0 Å². The standard InChI is InChI=1S/C28H21Cl5N2O5/c1-3-4-11-40-15-8-5-13(6-9-15)24-25(28(38)34(24)14-7-10-17(39-2)16(29)12-14)35-26(36)18-19(27(35)37)21(31)23(33)22(32)20(18)30/h5-10,12,24-25H,3-4,11H2,1-2H3/t24-,25-/m0/s1. The van der Waals surface area contributed by atoms with Gasteiger partial charge in [-0.1, -0.05) is 83.5 Å². The van der Waals surface area contributed by atoms with Crippen molar-refractivity contribution in [2.75, 3.05) is 18.6 Å². The van der Waals surface area contributed by atoms with Crippen molar-refractivity contribution >= 4 is 81.4 Å². The van der Waals surface area contributed by atoms with Gasteiger partial charge in [-0.05, 0) is 42.3 Å². The van der Waals surface area contributed by atoms with Crippen molar-refractivity contribution in [3.63, 3.8) is 0 Å². The third-order valence-corrected chi connectivity index (χ3v) is 8.98. The first-order valence-corrected chi connectivity index (χ1v) is 14.1. The summed E-state index contributed by atoms with van der Waals surface area (Å²) in [6.07, 6.45) is 1.90. The van der Waals surface area contributed by atoms with E-state index in [1.165, 1.54) is 12.0 Å². The molecule has 1 fully saturated rings. The number of β-lactam (4-membered cyclic amide) rings is 1. The second-order valence-corrected chi connectivity index (χ2v) is 11.1. The van der Waals surface area contributed by atoms with E-state index in [2.05, 4.69) is 6.92 Å². The molecule has 0 aliphatic carbocycles. The average molecular weight is 643 g/mol. The maximum absolute atomic E-state index is 13.7. The number of imide groups is 1. The molecule has 2 aliphatic rings. The van der Waals surface area contributed by atoms with Crippen LogP contribution in [0, 0.1) is 0 Å². The minimum absolute atomic E-state index is 0.153. The van der Waals surface area contributed by atoms with Crippen molar-refractivity contribution in [2.24, 2.45) is 0 Å². The monoisotopic (exact) mass is 640 g/mol. The molecule has 3 amide bonds. The van der Waals surface area contributed by atoms with Crippen LogP contribution in [0.25, 0.3) is 0 Å². The lowest BCUT2D eigenvalue weighted by molar-refractivity contribution is -0.130. The van der Waals surface area contributed by atoms with Crippen LogP contribution in [0.5, 0.6) is 11.5 Å². The molecule has 2 heterocycles. The molecule has 0 spiro atoms. The van der Waals surface area contributed by atoms with E-state index in [0.717, 1.165) is 17.7 Å². The number of methoxy groups -OCH3 is 1. The molecule has 0 aromatic heterocycles. The van der Waals surface area contributed by atoms with Gasteiger partial charge in [0, 0.05) is 5.69 Å². The molecule has 40 heavy (non-hydrogen) atoms. The van der Waals surface area contributed by atoms with Crippen LogP contribution in [0.15, 0.2) is 42.5 Å². The molecule has 12 heteroatoms. The molecule has 3 aromatic carbocycles. The number of fused-ring (bicyclic) bond motifs is 1. The van der Waals surface area contributed by atoms with Gasteiger partial charge in [0.15, 0.2) is 0 Å². The Hall–Kier alpha value is -2.68. The molecule has 0 radical (unpaired) electrons. The summed E-state index contributed by atoms with van der Waals surface area (Å²) in [6.45, 7) is 2.64. The van der Waals surface area contributed by atoms with Crippen LogP contribution in [-0.2, 0) is 4.79 Å². The number of nitrogens with zero attached hydrogens (tertiary/aromatic N) is 2. The van der Waals surface area contributed by atoms with E-state index in [1.54, 1.807) is 42.5 Å². The number of amides is 3. The minimum atomic E-state index is -1.20. The van der Waals surface area contributed by atoms with Crippen LogP contribution in [0.2, 0.25) is 25.1 Å². The normalized spacial score (nSPS) is 18.2. The molecule has 0 bridgehead atoms. The quantitative estimate of drug-likeness (QED) is 0.0821. The van der Waals surface area contributed by atoms with Crippen molar-refractivity contribution in [2.45, 2.75) is 31.8 Å². The van der Waals surface area contributed by atoms with Crippen LogP contribution in [0.4, 0.5) is 5.69 Å². The van der Waals surface area contributed by atoms with E-state index in [1.807, 2.05) is 0 Å². The number of unbranched alkanes of at least 4 members (excludes halogenated alkanes) is 1. The van der Waals surface area contributed by atoms with Crippen LogP contribution >= 0.6 is 58.0 Å². The zero-order valence-electron chi connectivity index (χ0n) is 21.1. The summed E-state index contributed by atoms with van der Waals surface area (Å²) in [4.78, 5) is 43.3. The molecule has 2 aliphatic heterocycles. The smallest absolute Gasteiger partial charge is 0.264 e. The van der Waals surface area contributed by atoms with E-state index >= 15 is 0 Å². The van der Waals surface area contributed by atoms with Crippen molar-refractivity contribution < 1.29 is 23.9 Å². The van der Waals surface area contributed by atoms with Crippen molar-refractivity contribution in [1.82, 2.24) is 4.90 Å². The SMILES string of the molecule is CCCCOc1ccc([C@H]2[C@H](N3C(=O)c4c(Cl)c(Cl)c(Cl)c(Cl)c4C3=O)C(=O)N2c2ccc(OC)c(Cl)c2)cc1. The van der Waals surface area contributed by atoms with Gasteiger partial charge in [0.05, 0.1) is 56.0 Å². The number of rotatable bonds is 8. The summed E-state index contributed by atoms with van der Waals surface area (Å²) >= 11 is 31.4. The molecule has 5 rings (SSSR count). The Morgan fingerprint density at radius 2 is 1.38 bits per heavy atom. The first kappa shape index (κ1) is 28.8. The zero-order chi connectivity index (χ0) is 28.9. The molecule has 0 N–H and O–H groups in total. The molecule has 0 saturated carbocycles. The van der Waals surface area contributed by atoms with E-state index in [-0.39, 0.29) is 31.2 Å². The average Bonchev–Trinajstić information content (AvgIpc) is 3.19. The number of benzene rings is 3. The number of hydrogen-bond donors (Lipinski definition) is 0. The Morgan fingerprint density at radius 3 is 1.90 bits per heavy atom. The second-order valence-electron chi connectivity index (χ2n) is 9.17. The van der Waals surface area contributed by atoms with Gasteiger partial charge >= 0.3 is 0 Å². The molecule has 0 unspecified atom stereocenters. The topological polar surface area (TPSA) is 76.2 Å². The van der Waals surface area contributed by atoms with Crippen molar-refractivity contribution in [3.8, 4) is 11.5 Å². The summed E-state index contributed by atoms with van der Waals surface area (Å²) in [5.74, 6) is -1.00. The Morgan fingerprint density at radius 1 is 0.775 bits per heavy atom. The van der Waals surface area contributed by atoms with E-state index in [0.29, 0.717) is 34.4 Å². The summed E-state index contributed by atoms with van der Waals surface area (Å²) in [5, 5.41) is -0.428. The second kappa shape index (κ2) is 11.3. The molecular formula is C28H21Cl5N2O5. The maximum Gasteiger partial charge on any atom is 0.264 e. The molecule has 1 saturated heterocycles. The fourth-order valence-electron chi connectivity index (χ4n) is 4.86. The number of carbonyl (C=O) groups excluding carboxylic acids is 3. The molecule has 2 atom stereocenters. The highest BCUT2D eigenvalue weighted by atomic mass is 35.5. The van der Waals surface area contributed by atoms with Gasteiger partial charge in [-0.3, -0.25) is 19.3 Å². The van der Waals surface area contributed by atoms with Gasteiger partial charge in [0.2, 0.25) is 0 Å². The van der Waals surface area contributed by atoms with Gasteiger partial charge in [0.25, 0.3) is 17.7 Å². The number of halogens is 5. The summed E-state index contributed by atoms with van der Waals surface area (Å²) in [7, 11) is 1.48. The number of anilines is 1. The lowest BCUT2D eigenvalue weighted by atomic mass is 9.86. The van der Waals surface area contributed by atoms with E-state index in [9.17, 15) is 14.4 Å². The number of ether oxygens (including phenoxy) is 2. The van der Waals surface area contributed by atoms with Crippen molar-refractivity contribution in [3.05, 3.63) is 84.3 Å². The molecule has 3 aromatic rings. The Bertz CT molecular complexity index is 1500. The predicted octanol–water partition coefficient (Wildman–Crippen LogP) is 7.89. The number of hydrogen-bond acceptors (Lipinski definition) is 5. The minimum Gasteiger partial charge on any atom is -0.495 e. The van der Waals surface area contributed by atoms with E-state index < -0.39 is 29.8 Å². The van der Waals surface area contributed by atoms with Crippen molar-refractivity contribution in [1.29, 1.82) is 0 Å². The first-order valence-electron chi connectivity index (χ1n) is 12.3. The fraction of sp³-hybridized carbons (Fsp3) is 0.250. The third kappa shape index (κ3) is 4.58. The highest BCUT2D eigenvalue weighted by Gasteiger charge is 2.58. The van der Waals surface area contributed by atoms with Crippen LogP contribution in [0.3, 0.4) is 0 Å². The first-order chi connectivity index (χ1) is 19.1. The predicted molar refractivity (Wildman–Crippen MR) is 156 cm³/mol. The summed E-state index contributed by atoms with van der Waals surface area (Å²) in [6, 6.07) is 10.1. The highest BCUT2D eigenvalue weighted by molar-refractivity contribution is 6.55. The van der Waals surface area contributed by atoms with Crippen LogP contribution in [-0.4, -0.2) is 42.4 Å². The Labute approximate surface area is 255 Å². The van der Waals surface area contributed by atoms with Gasteiger partial charge < -0.3 is 14.4 Å². The van der Waals surface area contributed by atoms with Crippen LogP contribution < -0.4 is 14.4 Å². The van der Waals surface area contributed by atoms with E-state index in [4.69, 9.17) is 67.5 Å². The Kier molecular flexibility index (Phi) is 8.15. The number of carbonyl (C=O) groups is 3. The lowest BCUT2D eigenvalue weighted by Crippen LogP contribution is -2.67. The van der Waals surface area contributed by atoms with Gasteiger partial charge in [0.1, 0.15) is 17.5 Å². The summed E-state index contributed by atoms with van der Waals surface area (Å²) < 4.78 is 11.0. The third-order valence-electron chi connectivity index (χ3n) is 6.88. The molecule has 208 valence electrons. The van der Waals surface area contributed by atoms with Crippen LogP contribution in [0.1, 0.15) is 52.1 Å². The maximum atomic E-state index is 13.7. The molecular weight excluding hydrogens is 622 g/mol. The lowest BCUT2D eigenvalue weighted by Gasteiger charge is -2.49. The van der Waals surface area contributed by atoms with Gasteiger partial charge in [-0.15, -0.1) is 0 Å². The van der Waals surface area contributed by atoms with Gasteiger partial charge in [-0.25, -0.2) is 0 Å². The largest absolute Gasteiger partial charge is 0.495 e. The highest BCUT2D eigenvalue weighted by Crippen LogP contribution is 2.49. The molecule has 7 nitrogen and oxygen atoms in total. The fourth-order valence-corrected chi connectivity index (χ4v) is 6.13. The Balaban J connectivity index is 1.57.